The highest BCUT2D eigenvalue weighted by Crippen LogP contribution is 2.34. The van der Waals surface area contributed by atoms with Crippen molar-refractivity contribution in [3.05, 3.63) is 28.7 Å². The van der Waals surface area contributed by atoms with Gasteiger partial charge in [0.1, 0.15) is 5.69 Å². The number of methoxy groups -OCH3 is 1. The van der Waals surface area contributed by atoms with Gasteiger partial charge in [0.15, 0.2) is 11.6 Å². The fraction of sp³-hybridized carbons (Fsp3) is 0.100. The molecule has 0 unspecified atom stereocenters. The van der Waals surface area contributed by atoms with Gasteiger partial charge in [0.05, 0.1) is 17.6 Å². The average molecular weight is 243 g/mol. The number of hydrogen-bond donors (Lipinski definition) is 2. The topological polar surface area (TPSA) is 68.1 Å². The number of primary amides is 1. The third kappa shape index (κ3) is 1.49. The molecule has 2 rings (SSSR count). The van der Waals surface area contributed by atoms with Crippen molar-refractivity contribution >= 4 is 28.4 Å². The van der Waals surface area contributed by atoms with Gasteiger partial charge in [-0.05, 0) is 12.1 Å². The number of aromatic nitrogens is 1. The second-order valence-electron chi connectivity index (χ2n) is 3.21. The van der Waals surface area contributed by atoms with Crippen LogP contribution in [0, 0.1) is 5.82 Å². The lowest BCUT2D eigenvalue weighted by Gasteiger charge is -2.04. The number of rotatable bonds is 2. The fourth-order valence-corrected chi connectivity index (χ4v) is 1.72. The third-order valence-electron chi connectivity index (χ3n) is 2.24. The quantitative estimate of drug-likeness (QED) is 0.847. The predicted octanol–water partition coefficient (Wildman–Crippen LogP) is 2.07. The first-order chi connectivity index (χ1) is 7.54. The van der Waals surface area contributed by atoms with E-state index in [0.717, 1.165) is 0 Å². The molecule has 1 aromatic carbocycles. The first kappa shape index (κ1) is 10.8. The first-order valence-electron chi connectivity index (χ1n) is 4.39. The molecule has 0 aliphatic rings. The SMILES string of the molecule is COc1c(F)c(Cl)cc2[nH]c(C(N)=O)cc12. The Balaban J connectivity index is 2.81. The van der Waals surface area contributed by atoms with Crippen molar-refractivity contribution in [3.8, 4) is 5.75 Å². The molecule has 0 atom stereocenters. The molecule has 1 amide bonds. The highest BCUT2D eigenvalue weighted by Gasteiger charge is 2.16. The summed E-state index contributed by atoms with van der Waals surface area (Å²) in [6.45, 7) is 0. The number of H-pyrrole nitrogens is 1. The van der Waals surface area contributed by atoms with Crippen LogP contribution in [-0.4, -0.2) is 18.0 Å². The second-order valence-corrected chi connectivity index (χ2v) is 3.62. The van der Waals surface area contributed by atoms with Crippen molar-refractivity contribution in [2.24, 2.45) is 5.73 Å². The van der Waals surface area contributed by atoms with E-state index in [0.29, 0.717) is 10.9 Å². The monoisotopic (exact) mass is 242 g/mol. The normalized spacial score (nSPS) is 10.7. The standard InChI is InChI=1S/C10H8ClFN2O2/c1-16-9-4-2-7(10(13)15)14-6(4)3-5(11)8(9)12/h2-3,14H,1H3,(H2,13,15). The summed E-state index contributed by atoms with van der Waals surface area (Å²) in [5.74, 6) is -1.30. The van der Waals surface area contributed by atoms with Gasteiger partial charge in [-0.2, -0.15) is 0 Å². The Labute approximate surface area is 95.1 Å². The molecule has 0 aliphatic heterocycles. The summed E-state index contributed by atoms with van der Waals surface area (Å²) >= 11 is 5.67. The zero-order valence-electron chi connectivity index (χ0n) is 8.30. The van der Waals surface area contributed by atoms with Gasteiger partial charge in [0, 0.05) is 5.39 Å². The van der Waals surface area contributed by atoms with Gasteiger partial charge in [-0.15, -0.1) is 0 Å². The van der Waals surface area contributed by atoms with Crippen LogP contribution in [0.4, 0.5) is 4.39 Å². The van der Waals surface area contributed by atoms with Crippen molar-refractivity contribution in [3.63, 3.8) is 0 Å². The van der Waals surface area contributed by atoms with E-state index in [4.69, 9.17) is 22.1 Å². The van der Waals surface area contributed by atoms with Gasteiger partial charge in [0.2, 0.25) is 0 Å². The number of nitrogens with one attached hydrogen (secondary N) is 1. The van der Waals surface area contributed by atoms with Gasteiger partial charge < -0.3 is 15.5 Å². The lowest BCUT2D eigenvalue weighted by Crippen LogP contribution is -2.10. The minimum Gasteiger partial charge on any atom is -0.493 e. The van der Waals surface area contributed by atoms with E-state index in [1.54, 1.807) is 0 Å². The van der Waals surface area contributed by atoms with Crippen LogP contribution in [0.25, 0.3) is 10.9 Å². The van der Waals surface area contributed by atoms with Crippen LogP contribution >= 0.6 is 11.6 Å². The third-order valence-corrected chi connectivity index (χ3v) is 2.52. The predicted molar refractivity (Wildman–Crippen MR) is 58.3 cm³/mol. The lowest BCUT2D eigenvalue weighted by atomic mass is 10.2. The molecule has 6 heteroatoms. The van der Waals surface area contributed by atoms with E-state index >= 15 is 0 Å². The van der Waals surface area contributed by atoms with Crippen molar-refractivity contribution < 1.29 is 13.9 Å². The summed E-state index contributed by atoms with van der Waals surface area (Å²) in [4.78, 5) is 13.7. The van der Waals surface area contributed by atoms with Gasteiger partial charge in [-0.3, -0.25) is 4.79 Å². The molecule has 2 aromatic rings. The molecule has 84 valence electrons. The summed E-state index contributed by atoms with van der Waals surface area (Å²) in [6, 6.07) is 2.80. The maximum absolute atomic E-state index is 13.6. The highest BCUT2D eigenvalue weighted by molar-refractivity contribution is 6.31. The summed E-state index contributed by atoms with van der Waals surface area (Å²) in [5.41, 5.74) is 5.78. The zero-order chi connectivity index (χ0) is 11.9. The van der Waals surface area contributed by atoms with E-state index in [2.05, 4.69) is 4.98 Å². The molecule has 4 nitrogen and oxygen atoms in total. The van der Waals surface area contributed by atoms with Crippen molar-refractivity contribution in [2.45, 2.75) is 0 Å². The van der Waals surface area contributed by atoms with Crippen molar-refractivity contribution in [1.29, 1.82) is 0 Å². The Morgan fingerprint density at radius 2 is 2.25 bits per heavy atom. The zero-order valence-corrected chi connectivity index (χ0v) is 9.06. The largest absolute Gasteiger partial charge is 0.493 e. The molecule has 3 N–H and O–H groups in total. The van der Waals surface area contributed by atoms with E-state index < -0.39 is 11.7 Å². The second kappa shape index (κ2) is 3.68. The number of amides is 1. The Hall–Kier alpha value is -1.75. The molecule has 1 heterocycles. The summed E-state index contributed by atoms with van der Waals surface area (Å²) in [5, 5.41) is 0.348. The maximum Gasteiger partial charge on any atom is 0.265 e. The van der Waals surface area contributed by atoms with Crippen LogP contribution in [-0.2, 0) is 0 Å². The molecule has 0 spiro atoms. The van der Waals surface area contributed by atoms with E-state index in [-0.39, 0.29) is 16.5 Å². The fourth-order valence-electron chi connectivity index (χ4n) is 1.52. The van der Waals surface area contributed by atoms with Gasteiger partial charge in [-0.1, -0.05) is 11.6 Å². The molecule has 0 aliphatic carbocycles. The van der Waals surface area contributed by atoms with Crippen LogP contribution in [0.5, 0.6) is 5.75 Å². The van der Waals surface area contributed by atoms with Crippen LogP contribution in [0.3, 0.4) is 0 Å². The average Bonchev–Trinajstić information content (AvgIpc) is 2.63. The van der Waals surface area contributed by atoms with Crippen molar-refractivity contribution in [2.75, 3.05) is 7.11 Å². The molecular weight excluding hydrogens is 235 g/mol. The molecular formula is C10H8ClFN2O2. The molecule has 0 radical (unpaired) electrons. The molecule has 1 aromatic heterocycles. The Morgan fingerprint density at radius 3 is 2.81 bits per heavy atom. The van der Waals surface area contributed by atoms with Gasteiger partial charge in [-0.25, -0.2) is 4.39 Å². The molecule has 0 bridgehead atoms. The van der Waals surface area contributed by atoms with Crippen LogP contribution < -0.4 is 10.5 Å². The maximum atomic E-state index is 13.6. The molecule has 16 heavy (non-hydrogen) atoms. The van der Waals surface area contributed by atoms with Crippen LogP contribution in [0.15, 0.2) is 12.1 Å². The Bertz CT molecular complexity index is 580. The first-order valence-corrected chi connectivity index (χ1v) is 4.77. The number of carbonyl (C=O) groups excluding carboxylic acids is 1. The number of nitrogens with two attached hydrogens (primary N) is 1. The Morgan fingerprint density at radius 1 is 1.56 bits per heavy atom. The number of carbonyl (C=O) groups is 1. The van der Waals surface area contributed by atoms with Crippen molar-refractivity contribution in [1.82, 2.24) is 4.98 Å². The summed E-state index contributed by atoms with van der Waals surface area (Å²) in [7, 11) is 1.32. The van der Waals surface area contributed by atoms with Gasteiger partial charge >= 0.3 is 0 Å². The number of hydrogen-bond acceptors (Lipinski definition) is 2. The number of ether oxygens (including phenoxy) is 1. The number of aromatic amines is 1. The highest BCUT2D eigenvalue weighted by atomic mass is 35.5. The molecule has 0 saturated heterocycles. The number of benzene rings is 1. The van der Waals surface area contributed by atoms with Crippen LogP contribution in [0.2, 0.25) is 5.02 Å². The van der Waals surface area contributed by atoms with E-state index in [9.17, 15) is 9.18 Å². The van der Waals surface area contributed by atoms with E-state index in [1.165, 1.54) is 19.2 Å². The number of halogens is 2. The van der Waals surface area contributed by atoms with Crippen LogP contribution in [0.1, 0.15) is 10.5 Å². The molecule has 0 saturated carbocycles. The minimum atomic E-state index is -0.660. The van der Waals surface area contributed by atoms with E-state index in [1.807, 2.05) is 0 Å². The summed E-state index contributed by atoms with van der Waals surface area (Å²) in [6.07, 6.45) is 0. The summed E-state index contributed by atoms with van der Waals surface area (Å²) < 4.78 is 18.5. The minimum absolute atomic E-state index is 0.00810. The molecule has 0 fully saturated rings. The number of fused-ring (bicyclic) bond motifs is 1. The Kier molecular flexibility index (Phi) is 2.47. The smallest absolute Gasteiger partial charge is 0.265 e. The van der Waals surface area contributed by atoms with Gasteiger partial charge in [0.25, 0.3) is 5.91 Å². The lowest BCUT2D eigenvalue weighted by molar-refractivity contribution is 0.0996.